The Morgan fingerprint density at radius 3 is 1.89 bits per heavy atom. The molecule has 0 radical (unpaired) electrons. The molecule has 0 saturated heterocycles. The Balaban J connectivity index is 0.948. The lowest BCUT2D eigenvalue weighted by atomic mass is 9.89. The van der Waals surface area contributed by atoms with Crippen molar-refractivity contribution in [3.63, 3.8) is 0 Å². The summed E-state index contributed by atoms with van der Waals surface area (Å²) in [6, 6.07) is 29.3. The molecular weight excluding hydrogens is 911 g/mol. The zero-order chi connectivity index (χ0) is 50.4. The van der Waals surface area contributed by atoms with Crippen molar-refractivity contribution in [1.82, 2.24) is 20.2 Å². The Labute approximate surface area is 402 Å². The molecule has 6 N–H and O–H groups in total. The average molecular weight is 953 g/mol. The number of benzene rings is 6. The summed E-state index contributed by atoms with van der Waals surface area (Å²) < 4.78 is 14.5. The topological polar surface area (TPSA) is 253 Å². The minimum Gasteiger partial charge on any atom is -0.507 e. The van der Waals surface area contributed by atoms with E-state index in [1.54, 1.807) is 18.2 Å². The van der Waals surface area contributed by atoms with Crippen LogP contribution < -0.4 is 30.9 Å². The summed E-state index contributed by atoms with van der Waals surface area (Å²) in [6.45, 7) is -0.333. The van der Waals surface area contributed by atoms with Crippen molar-refractivity contribution in [2.24, 2.45) is 0 Å². The van der Waals surface area contributed by atoms with E-state index in [0.29, 0.717) is 49.9 Å². The molecule has 17 heteroatoms. The Morgan fingerprint density at radius 1 is 0.620 bits per heavy atom. The maximum absolute atomic E-state index is 13.6. The van der Waals surface area contributed by atoms with Crippen LogP contribution in [0, 0.1) is 0 Å². The van der Waals surface area contributed by atoms with Crippen molar-refractivity contribution >= 4 is 57.3 Å². The van der Waals surface area contributed by atoms with Crippen molar-refractivity contribution in [2.75, 3.05) is 33.1 Å². The molecule has 71 heavy (non-hydrogen) atoms. The van der Waals surface area contributed by atoms with Gasteiger partial charge >= 0.3 is 17.9 Å². The fourth-order valence-corrected chi connectivity index (χ4v) is 8.51. The number of nitrogens with zero attached hydrogens (tertiary/aromatic N) is 3. The van der Waals surface area contributed by atoms with Crippen LogP contribution >= 0.6 is 0 Å². The number of anilines is 1. The quantitative estimate of drug-likeness (QED) is 0.0522. The lowest BCUT2D eigenvalue weighted by Gasteiger charge is -2.19. The van der Waals surface area contributed by atoms with Crippen molar-refractivity contribution in [1.29, 1.82) is 0 Å². The Kier molecular flexibility index (Phi) is 12.1. The van der Waals surface area contributed by atoms with Crippen molar-refractivity contribution in [3.8, 4) is 50.7 Å². The predicted octanol–water partition coefficient (Wildman–Crippen LogP) is 7.24. The van der Waals surface area contributed by atoms with Crippen LogP contribution in [0.3, 0.4) is 0 Å². The van der Waals surface area contributed by atoms with Gasteiger partial charge in [-0.2, -0.15) is 0 Å². The van der Waals surface area contributed by atoms with Gasteiger partial charge in [0, 0.05) is 89.3 Å². The van der Waals surface area contributed by atoms with Crippen LogP contribution in [-0.4, -0.2) is 83.3 Å². The average Bonchev–Trinajstić information content (AvgIpc) is 3.35. The standard InChI is InChI=1S/C54H41N5O12/c1-58(2)30-8-13-35-44(21-30)70-45-22-31(59(3)4)9-14-36(45)47(35)33-11-6-28(19-39(33)53(66)67)50(62)56-25-27-5-17-42(55-24-27)51(63)57-26-41-43(61)18-16-38-48(37-15-10-32(60)23-46(37)71-49(38)41)34-12-7-29(52(64)65)20-40(34)54(68)69/h5-24H,25-26H2,1-4H3,(H5-,56,57,60,61,62,63,64,65,66,67,68,69)/p+1. The second kappa shape index (κ2) is 18.5. The van der Waals surface area contributed by atoms with E-state index >= 15 is 0 Å². The van der Waals surface area contributed by atoms with Crippen LogP contribution in [0.2, 0.25) is 0 Å². The van der Waals surface area contributed by atoms with Gasteiger partial charge in [0.15, 0.2) is 5.43 Å². The molecule has 0 saturated carbocycles. The number of hydrogen-bond acceptors (Lipinski definition) is 11. The van der Waals surface area contributed by atoms with Crippen molar-refractivity contribution < 1.29 is 53.2 Å². The van der Waals surface area contributed by atoms with E-state index in [9.17, 15) is 49.2 Å². The first-order valence-electron chi connectivity index (χ1n) is 21.9. The zero-order valence-corrected chi connectivity index (χ0v) is 38.4. The van der Waals surface area contributed by atoms with Gasteiger partial charge in [-0.1, -0.05) is 18.2 Å². The minimum atomic E-state index is -1.40. The van der Waals surface area contributed by atoms with E-state index in [4.69, 9.17) is 8.83 Å². The third kappa shape index (κ3) is 8.86. The molecule has 0 bridgehead atoms. The Morgan fingerprint density at radius 2 is 1.24 bits per heavy atom. The van der Waals surface area contributed by atoms with Crippen LogP contribution in [0.15, 0.2) is 135 Å². The summed E-state index contributed by atoms with van der Waals surface area (Å²) in [5.74, 6) is -4.85. The molecule has 9 rings (SSSR count). The van der Waals surface area contributed by atoms with Gasteiger partial charge in [0.05, 0.1) is 34.9 Å². The van der Waals surface area contributed by atoms with E-state index in [1.165, 1.54) is 60.8 Å². The predicted molar refractivity (Wildman–Crippen MR) is 263 cm³/mol. The van der Waals surface area contributed by atoms with E-state index in [2.05, 4.69) is 15.6 Å². The van der Waals surface area contributed by atoms with E-state index < -0.39 is 35.2 Å². The molecule has 354 valence electrons. The number of aromatic carboxylic acids is 3. The highest BCUT2D eigenvalue weighted by Crippen LogP contribution is 2.45. The number of rotatable bonds is 12. The zero-order valence-electron chi connectivity index (χ0n) is 38.4. The van der Waals surface area contributed by atoms with Crippen LogP contribution in [0.4, 0.5) is 5.69 Å². The highest BCUT2D eigenvalue weighted by Gasteiger charge is 2.27. The normalized spacial score (nSPS) is 11.2. The number of amides is 2. The molecule has 2 aliphatic carbocycles. The molecule has 17 nitrogen and oxygen atoms in total. The number of pyridine rings is 1. The number of carbonyl (C=O) groups is 5. The third-order valence-corrected chi connectivity index (χ3v) is 12.1. The first-order chi connectivity index (χ1) is 34.0. The number of carbonyl (C=O) groups excluding carboxylic acids is 2. The molecular formula is C54H42N5O12+. The van der Waals surface area contributed by atoms with Gasteiger partial charge in [-0.05, 0) is 89.5 Å². The maximum Gasteiger partial charge on any atom is 0.336 e. The summed E-state index contributed by atoms with van der Waals surface area (Å²) in [5.41, 5.74) is 3.54. The van der Waals surface area contributed by atoms with Gasteiger partial charge in [0.25, 0.3) is 11.8 Å². The minimum absolute atomic E-state index is 0.0187. The Bertz CT molecular complexity index is 3780. The van der Waals surface area contributed by atoms with Gasteiger partial charge in [-0.3, -0.25) is 19.4 Å². The molecule has 2 amide bonds. The van der Waals surface area contributed by atoms with E-state index in [1.807, 2.05) is 74.1 Å². The van der Waals surface area contributed by atoms with E-state index in [-0.39, 0.29) is 74.8 Å². The van der Waals surface area contributed by atoms with Gasteiger partial charge in [-0.15, -0.1) is 0 Å². The number of fused-ring (bicyclic) bond motifs is 4. The summed E-state index contributed by atoms with van der Waals surface area (Å²) in [6.07, 6.45) is 1.39. The van der Waals surface area contributed by atoms with E-state index in [0.717, 1.165) is 17.1 Å². The molecule has 0 atom stereocenters. The maximum atomic E-state index is 13.6. The van der Waals surface area contributed by atoms with Crippen LogP contribution in [0.5, 0.6) is 5.75 Å². The number of nitrogens with one attached hydrogen (secondary N) is 2. The number of aromatic nitrogens is 1. The number of aromatic hydroxyl groups is 1. The van der Waals surface area contributed by atoms with Gasteiger partial charge in [0.1, 0.15) is 48.2 Å². The monoisotopic (exact) mass is 952 g/mol. The van der Waals surface area contributed by atoms with Gasteiger partial charge in [-0.25, -0.2) is 19.0 Å². The lowest BCUT2D eigenvalue weighted by molar-refractivity contribution is 0.0682. The molecule has 1 aromatic heterocycles. The second-order valence-corrected chi connectivity index (χ2v) is 17.1. The molecule has 2 aliphatic heterocycles. The summed E-state index contributed by atoms with van der Waals surface area (Å²) in [5, 5.41) is 48.7. The first-order valence-corrected chi connectivity index (χ1v) is 21.9. The van der Waals surface area contributed by atoms with Crippen molar-refractivity contribution in [3.05, 3.63) is 176 Å². The van der Waals surface area contributed by atoms with Gasteiger partial charge in [0.2, 0.25) is 5.36 Å². The molecule has 0 fully saturated rings. The summed E-state index contributed by atoms with van der Waals surface area (Å²) in [4.78, 5) is 82.8. The van der Waals surface area contributed by atoms with Gasteiger partial charge < -0.3 is 44.8 Å². The fraction of sp³-hybridized carbons (Fsp3) is 0.111. The summed E-state index contributed by atoms with van der Waals surface area (Å²) >= 11 is 0. The fourth-order valence-electron chi connectivity index (χ4n) is 8.51. The number of phenols is 1. The number of hydrogen-bond donors (Lipinski definition) is 6. The molecule has 0 spiro atoms. The first kappa shape index (κ1) is 46.5. The SMILES string of the molecule is CN(C)c1ccc2c(-c3ccc(C(=O)NCc4ccc(C(=O)NCc5c(O)ccc6c(-c7ccc(C(=O)O)cc7C(=O)O)c7ccc(=O)cc-7oc56)nc4)cc3C(=O)O)c3ccc(=[N+](C)C)cc-3oc2c1. The Hall–Kier alpha value is -9.64. The molecule has 4 aliphatic rings. The number of carboxylic acid groups (broad SMARTS) is 3. The van der Waals surface area contributed by atoms with Crippen LogP contribution in [0.1, 0.15) is 63.0 Å². The smallest absolute Gasteiger partial charge is 0.336 e. The van der Waals surface area contributed by atoms with Crippen LogP contribution in [0.25, 0.3) is 66.8 Å². The largest absolute Gasteiger partial charge is 0.507 e. The molecule has 5 aromatic rings. The number of phenolic OH excluding ortho intramolecular Hbond substituents is 1. The third-order valence-electron chi connectivity index (χ3n) is 12.1. The summed E-state index contributed by atoms with van der Waals surface area (Å²) in [7, 11) is 7.65. The number of carboxylic acids is 3. The van der Waals surface area contributed by atoms with Crippen LogP contribution in [-0.2, 0) is 13.1 Å². The highest BCUT2D eigenvalue weighted by molar-refractivity contribution is 6.11. The second-order valence-electron chi connectivity index (χ2n) is 17.1. The molecule has 3 heterocycles. The van der Waals surface area contributed by atoms with Crippen molar-refractivity contribution in [2.45, 2.75) is 13.1 Å². The lowest BCUT2D eigenvalue weighted by Crippen LogP contribution is -2.25. The highest BCUT2D eigenvalue weighted by atomic mass is 16.4. The molecule has 0 unspecified atom stereocenters. The molecule has 4 aromatic carbocycles.